The summed E-state index contributed by atoms with van der Waals surface area (Å²) in [7, 11) is 1.88. The number of ether oxygens (including phenoxy) is 1. The van der Waals surface area contributed by atoms with Crippen LogP contribution >= 0.6 is 0 Å². The van der Waals surface area contributed by atoms with Gasteiger partial charge in [0, 0.05) is 13.0 Å². The van der Waals surface area contributed by atoms with Gasteiger partial charge in [-0.2, -0.15) is 0 Å². The van der Waals surface area contributed by atoms with Crippen molar-refractivity contribution in [1.29, 1.82) is 0 Å². The molecule has 0 aromatic carbocycles. The summed E-state index contributed by atoms with van der Waals surface area (Å²) in [6.07, 6.45) is 11.6. The van der Waals surface area contributed by atoms with Gasteiger partial charge in [-0.1, -0.05) is 13.8 Å². The molecule has 3 nitrogen and oxygen atoms in total. The van der Waals surface area contributed by atoms with E-state index < -0.39 is 5.60 Å². The summed E-state index contributed by atoms with van der Waals surface area (Å²) < 4.78 is 5.90. The number of carbonyl (C=O) groups is 1. The van der Waals surface area contributed by atoms with E-state index in [1.807, 2.05) is 14.0 Å². The average Bonchev–Trinajstić information content (AvgIpc) is 2.62. The Balaban J connectivity index is 1.76. The van der Waals surface area contributed by atoms with Gasteiger partial charge >= 0.3 is 0 Å². The predicted molar refractivity (Wildman–Crippen MR) is 110 cm³/mol. The highest BCUT2D eigenvalue weighted by Gasteiger charge is 2.55. The number of methoxy groups -OCH3 is 1. The van der Waals surface area contributed by atoms with E-state index in [2.05, 4.69) is 13.8 Å². The van der Waals surface area contributed by atoms with Crippen molar-refractivity contribution in [3.8, 4) is 0 Å². The molecular weight excluding hydrogens is 336 g/mol. The number of hydrogen-bond acceptors (Lipinski definition) is 3. The highest BCUT2D eigenvalue weighted by molar-refractivity contribution is 5.78. The van der Waals surface area contributed by atoms with Gasteiger partial charge in [-0.25, -0.2) is 0 Å². The zero-order chi connectivity index (χ0) is 19.8. The molecule has 1 N–H and O–H groups in total. The van der Waals surface area contributed by atoms with Gasteiger partial charge in [0.25, 0.3) is 0 Å². The molecule has 0 aromatic heterocycles. The molecule has 3 aliphatic carbocycles. The highest BCUT2D eigenvalue weighted by atomic mass is 16.5. The lowest BCUT2D eigenvalue weighted by molar-refractivity contribution is -0.147. The van der Waals surface area contributed by atoms with Crippen LogP contribution in [0.25, 0.3) is 0 Å². The van der Waals surface area contributed by atoms with E-state index >= 15 is 0 Å². The van der Waals surface area contributed by atoms with Gasteiger partial charge in [-0.05, 0) is 107 Å². The van der Waals surface area contributed by atoms with Gasteiger partial charge in [0.2, 0.25) is 0 Å². The Morgan fingerprint density at radius 3 is 2.59 bits per heavy atom. The lowest BCUT2D eigenvalue weighted by atomic mass is 9.46. The fraction of sp³-hybridized carbons (Fsp3) is 0.958. The molecule has 8 atom stereocenters. The van der Waals surface area contributed by atoms with Crippen LogP contribution in [0, 0.1) is 35.0 Å². The molecule has 0 amide bonds. The van der Waals surface area contributed by atoms with E-state index in [4.69, 9.17) is 4.74 Å². The molecule has 0 saturated heterocycles. The third kappa shape index (κ3) is 4.29. The maximum Gasteiger partial charge on any atom is 0.132 e. The Morgan fingerprint density at radius 1 is 1.22 bits per heavy atom. The summed E-state index contributed by atoms with van der Waals surface area (Å²) in [5.41, 5.74) is -0.118. The van der Waals surface area contributed by atoms with Gasteiger partial charge in [-0.3, -0.25) is 4.79 Å². The van der Waals surface area contributed by atoms with Crippen molar-refractivity contribution >= 4 is 5.78 Å². The number of fused-ring (bicyclic) bond motifs is 3. The molecule has 3 saturated carbocycles. The molecule has 156 valence electrons. The largest absolute Gasteiger partial charge is 0.390 e. The van der Waals surface area contributed by atoms with E-state index in [0.29, 0.717) is 35.1 Å². The van der Waals surface area contributed by atoms with E-state index in [1.165, 1.54) is 32.1 Å². The number of hydrogen-bond donors (Lipinski definition) is 1. The minimum atomic E-state index is -0.471. The Hall–Kier alpha value is -0.410. The summed E-state index contributed by atoms with van der Waals surface area (Å²) in [4.78, 5) is 11.9. The van der Waals surface area contributed by atoms with Gasteiger partial charge in [0.05, 0.1) is 11.7 Å². The highest BCUT2D eigenvalue weighted by Crippen LogP contribution is 2.62. The summed E-state index contributed by atoms with van der Waals surface area (Å²) in [6, 6.07) is 0. The topological polar surface area (TPSA) is 46.5 Å². The second kappa shape index (κ2) is 8.14. The number of Topliss-reactive ketones (excluding diaryl/α,β-unsaturated/α-hetero) is 1. The van der Waals surface area contributed by atoms with Crippen LogP contribution in [-0.2, 0) is 9.53 Å². The van der Waals surface area contributed by atoms with Gasteiger partial charge < -0.3 is 9.84 Å². The van der Waals surface area contributed by atoms with Gasteiger partial charge in [0.1, 0.15) is 5.78 Å². The monoisotopic (exact) mass is 378 g/mol. The number of ketones is 1. The molecule has 3 heteroatoms. The number of rotatable bonds is 6. The fourth-order valence-electron chi connectivity index (χ4n) is 7.15. The third-order valence-electron chi connectivity index (χ3n) is 9.01. The molecular formula is C24H42O3. The van der Waals surface area contributed by atoms with Crippen LogP contribution in [0.4, 0.5) is 0 Å². The first-order valence-corrected chi connectivity index (χ1v) is 11.5. The first-order valence-electron chi connectivity index (χ1n) is 11.5. The molecule has 0 aliphatic heterocycles. The zero-order valence-electron chi connectivity index (χ0n) is 18.3. The van der Waals surface area contributed by atoms with Crippen molar-refractivity contribution in [3.63, 3.8) is 0 Å². The summed E-state index contributed by atoms with van der Waals surface area (Å²) in [6.45, 7) is 8.46. The summed E-state index contributed by atoms with van der Waals surface area (Å²) in [5.74, 6) is 3.45. The Morgan fingerprint density at radius 2 is 1.96 bits per heavy atom. The third-order valence-corrected chi connectivity index (χ3v) is 9.01. The predicted octanol–water partition coefficient (Wildman–Crippen LogP) is 5.39. The second-order valence-corrected chi connectivity index (χ2v) is 10.6. The van der Waals surface area contributed by atoms with Crippen LogP contribution in [-0.4, -0.2) is 29.7 Å². The molecule has 0 aromatic rings. The van der Waals surface area contributed by atoms with E-state index in [-0.39, 0.29) is 5.92 Å². The first kappa shape index (κ1) is 21.3. The van der Waals surface area contributed by atoms with E-state index in [1.54, 1.807) is 6.92 Å². The first-order chi connectivity index (χ1) is 12.7. The summed E-state index contributed by atoms with van der Waals surface area (Å²) in [5, 5.41) is 10.6. The van der Waals surface area contributed by atoms with Crippen LogP contribution < -0.4 is 0 Å². The lowest BCUT2D eigenvalue weighted by Gasteiger charge is -2.60. The average molecular weight is 379 g/mol. The minimum absolute atomic E-state index is 0.239. The molecule has 0 radical (unpaired) electrons. The van der Waals surface area contributed by atoms with Gasteiger partial charge in [0.15, 0.2) is 0 Å². The Labute approximate surface area is 166 Å². The van der Waals surface area contributed by atoms with Crippen LogP contribution in [0.5, 0.6) is 0 Å². The van der Waals surface area contributed by atoms with E-state index in [9.17, 15) is 9.90 Å². The standard InChI is InChI=1S/C24H42O3/c1-6-17(16(2)25)7-8-18-13-20(27-5)14-22-21(18)10-9-19-15-23(3,26)11-12-24(19,22)4/h17-22,26H,6-15H2,1-5H3/t17-,18-,19+,20+,21+,22+,23-,24+/m1/s1. The van der Waals surface area contributed by atoms with Crippen LogP contribution in [0.15, 0.2) is 0 Å². The minimum Gasteiger partial charge on any atom is -0.390 e. The smallest absolute Gasteiger partial charge is 0.132 e. The maximum absolute atomic E-state index is 11.9. The maximum atomic E-state index is 11.9. The Bertz CT molecular complexity index is 528. The normalized spacial score (nSPS) is 45.6. The molecule has 0 heterocycles. The zero-order valence-corrected chi connectivity index (χ0v) is 18.3. The van der Waals surface area contributed by atoms with E-state index in [0.717, 1.165) is 38.0 Å². The number of carbonyl (C=O) groups excluding carboxylic acids is 1. The summed E-state index contributed by atoms with van der Waals surface area (Å²) >= 11 is 0. The van der Waals surface area contributed by atoms with Crippen molar-refractivity contribution in [3.05, 3.63) is 0 Å². The molecule has 3 aliphatic rings. The van der Waals surface area contributed by atoms with Crippen molar-refractivity contribution in [2.75, 3.05) is 7.11 Å². The lowest BCUT2D eigenvalue weighted by Crippen LogP contribution is -2.54. The van der Waals surface area contributed by atoms with Crippen LogP contribution in [0.1, 0.15) is 91.9 Å². The van der Waals surface area contributed by atoms with Crippen molar-refractivity contribution in [2.45, 2.75) is 104 Å². The van der Waals surface area contributed by atoms with Crippen molar-refractivity contribution in [2.24, 2.45) is 35.0 Å². The SMILES string of the molecule is CC[C@H](CC[C@@H]1C[C@H](OC)C[C@H]2[C@H]1CC[C@H]1C[C@](C)(O)CC[C@@]12C)C(C)=O. The van der Waals surface area contributed by atoms with Crippen molar-refractivity contribution < 1.29 is 14.6 Å². The number of aliphatic hydroxyl groups is 1. The van der Waals surface area contributed by atoms with Crippen LogP contribution in [0.3, 0.4) is 0 Å². The van der Waals surface area contributed by atoms with Crippen molar-refractivity contribution in [1.82, 2.24) is 0 Å². The molecule has 0 spiro atoms. The molecule has 0 unspecified atom stereocenters. The fourth-order valence-corrected chi connectivity index (χ4v) is 7.15. The second-order valence-electron chi connectivity index (χ2n) is 10.6. The Kier molecular flexibility index (Phi) is 6.43. The van der Waals surface area contributed by atoms with Gasteiger partial charge in [-0.15, -0.1) is 0 Å². The molecule has 27 heavy (non-hydrogen) atoms. The molecule has 3 fully saturated rings. The molecule has 3 rings (SSSR count). The quantitative estimate of drug-likeness (QED) is 0.674. The molecule has 0 bridgehead atoms. The van der Waals surface area contributed by atoms with Crippen LogP contribution in [0.2, 0.25) is 0 Å².